The molecular formula is C18H34N2O2. The SMILES string of the molecule is CCC1(CNCC2CCN(C(=O)OC(C)(C)C)CC2)CCC1. The molecule has 22 heavy (non-hydrogen) atoms. The monoisotopic (exact) mass is 310 g/mol. The Balaban J connectivity index is 1.64. The number of carbonyl (C=O) groups is 1. The highest BCUT2D eigenvalue weighted by molar-refractivity contribution is 5.68. The molecule has 0 bridgehead atoms. The van der Waals surface area contributed by atoms with Crippen molar-refractivity contribution in [2.24, 2.45) is 11.3 Å². The highest BCUT2D eigenvalue weighted by Crippen LogP contribution is 2.43. The van der Waals surface area contributed by atoms with E-state index >= 15 is 0 Å². The fraction of sp³-hybridized carbons (Fsp3) is 0.944. The summed E-state index contributed by atoms with van der Waals surface area (Å²) in [4.78, 5) is 13.9. The third kappa shape index (κ3) is 4.87. The maximum atomic E-state index is 12.0. The predicted octanol–water partition coefficient (Wildman–Crippen LogP) is 3.80. The number of nitrogens with one attached hydrogen (secondary N) is 1. The lowest BCUT2D eigenvalue weighted by atomic mass is 9.67. The normalized spacial score (nSPS) is 22.3. The van der Waals surface area contributed by atoms with Gasteiger partial charge in [0, 0.05) is 19.6 Å². The van der Waals surface area contributed by atoms with Crippen LogP contribution in [0, 0.1) is 11.3 Å². The van der Waals surface area contributed by atoms with Crippen LogP contribution in [0.4, 0.5) is 4.79 Å². The van der Waals surface area contributed by atoms with E-state index in [1.807, 2.05) is 25.7 Å². The second-order valence-electron chi connectivity index (χ2n) is 8.25. The van der Waals surface area contributed by atoms with Crippen molar-refractivity contribution in [1.29, 1.82) is 0 Å². The number of rotatable bonds is 5. The van der Waals surface area contributed by atoms with Crippen LogP contribution in [-0.2, 0) is 4.74 Å². The van der Waals surface area contributed by atoms with E-state index in [0.717, 1.165) is 32.5 Å². The van der Waals surface area contributed by atoms with Gasteiger partial charge in [-0.1, -0.05) is 13.3 Å². The molecule has 2 fully saturated rings. The van der Waals surface area contributed by atoms with Crippen LogP contribution in [0.2, 0.25) is 0 Å². The van der Waals surface area contributed by atoms with Gasteiger partial charge in [-0.3, -0.25) is 0 Å². The molecule has 1 aliphatic heterocycles. The van der Waals surface area contributed by atoms with Crippen molar-refractivity contribution in [3.05, 3.63) is 0 Å². The second kappa shape index (κ2) is 7.20. The van der Waals surface area contributed by atoms with Gasteiger partial charge in [-0.15, -0.1) is 0 Å². The number of nitrogens with zero attached hydrogens (tertiary/aromatic N) is 1. The van der Waals surface area contributed by atoms with Gasteiger partial charge in [-0.05, 0) is 70.8 Å². The molecule has 128 valence electrons. The number of carbonyl (C=O) groups excluding carboxylic acids is 1. The third-order valence-electron chi connectivity index (χ3n) is 5.36. The Morgan fingerprint density at radius 3 is 2.36 bits per heavy atom. The summed E-state index contributed by atoms with van der Waals surface area (Å²) in [5.74, 6) is 0.702. The molecule has 2 rings (SSSR count). The Bertz CT molecular complexity index is 358. The van der Waals surface area contributed by atoms with E-state index in [2.05, 4.69) is 12.2 Å². The second-order valence-corrected chi connectivity index (χ2v) is 8.25. The molecule has 1 N–H and O–H groups in total. The number of ether oxygens (including phenoxy) is 1. The Labute approximate surface area is 136 Å². The molecular weight excluding hydrogens is 276 g/mol. The number of piperidine rings is 1. The summed E-state index contributed by atoms with van der Waals surface area (Å²) in [6, 6.07) is 0. The van der Waals surface area contributed by atoms with Gasteiger partial charge in [0.1, 0.15) is 5.60 Å². The van der Waals surface area contributed by atoms with Crippen LogP contribution < -0.4 is 5.32 Å². The number of hydrogen-bond acceptors (Lipinski definition) is 3. The van der Waals surface area contributed by atoms with E-state index in [0.29, 0.717) is 11.3 Å². The third-order valence-corrected chi connectivity index (χ3v) is 5.36. The average Bonchev–Trinajstić information content (AvgIpc) is 2.40. The maximum Gasteiger partial charge on any atom is 0.410 e. The topological polar surface area (TPSA) is 41.6 Å². The fourth-order valence-electron chi connectivity index (χ4n) is 3.52. The first-order chi connectivity index (χ1) is 10.3. The molecule has 0 unspecified atom stereocenters. The summed E-state index contributed by atoms with van der Waals surface area (Å²) in [7, 11) is 0. The Morgan fingerprint density at radius 1 is 1.27 bits per heavy atom. The summed E-state index contributed by atoms with van der Waals surface area (Å²) in [6.45, 7) is 12.0. The van der Waals surface area contributed by atoms with Crippen LogP contribution in [-0.4, -0.2) is 42.8 Å². The minimum absolute atomic E-state index is 0.154. The van der Waals surface area contributed by atoms with Gasteiger partial charge < -0.3 is 15.0 Å². The summed E-state index contributed by atoms with van der Waals surface area (Å²) in [5.41, 5.74) is 0.198. The first-order valence-electron chi connectivity index (χ1n) is 9.02. The molecule has 2 aliphatic rings. The predicted molar refractivity (Wildman–Crippen MR) is 90.0 cm³/mol. The molecule has 4 nitrogen and oxygen atoms in total. The lowest BCUT2D eigenvalue weighted by molar-refractivity contribution is 0.0182. The van der Waals surface area contributed by atoms with E-state index in [-0.39, 0.29) is 6.09 Å². The van der Waals surface area contributed by atoms with Gasteiger partial charge in [0.05, 0.1) is 0 Å². The minimum atomic E-state index is -0.396. The van der Waals surface area contributed by atoms with Gasteiger partial charge in [-0.2, -0.15) is 0 Å². The largest absolute Gasteiger partial charge is 0.444 e. The molecule has 0 spiro atoms. The van der Waals surface area contributed by atoms with Crippen LogP contribution in [0.15, 0.2) is 0 Å². The Kier molecular flexibility index (Phi) is 5.76. The standard InChI is InChI=1S/C18H34N2O2/c1-5-18(9-6-10-18)14-19-13-15-7-11-20(12-8-15)16(21)22-17(2,3)4/h15,19H,5-14H2,1-4H3. The molecule has 1 amide bonds. The summed E-state index contributed by atoms with van der Waals surface area (Å²) in [6.07, 6.45) is 7.53. The Morgan fingerprint density at radius 2 is 1.91 bits per heavy atom. The highest BCUT2D eigenvalue weighted by atomic mass is 16.6. The van der Waals surface area contributed by atoms with Crippen LogP contribution in [0.5, 0.6) is 0 Å². The van der Waals surface area contributed by atoms with Crippen molar-refractivity contribution < 1.29 is 9.53 Å². The molecule has 4 heteroatoms. The van der Waals surface area contributed by atoms with Crippen molar-refractivity contribution in [3.8, 4) is 0 Å². The average molecular weight is 310 g/mol. The van der Waals surface area contributed by atoms with Crippen LogP contribution in [0.3, 0.4) is 0 Å². The van der Waals surface area contributed by atoms with Crippen molar-refractivity contribution >= 4 is 6.09 Å². The van der Waals surface area contributed by atoms with E-state index in [1.54, 1.807) is 0 Å². The zero-order valence-electron chi connectivity index (χ0n) is 14.9. The highest BCUT2D eigenvalue weighted by Gasteiger charge is 2.34. The Hall–Kier alpha value is -0.770. The number of hydrogen-bond donors (Lipinski definition) is 1. The summed E-state index contributed by atoms with van der Waals surface area (Å²) < 4.78 is 5.45. The van der Waals surface area contributed by atoms with E-state index in [1.165, 1.54) is 32.2 Å². The van der Waals surface area contributed by atoms with Gasteiger partial charge in [0.15, 0.2) is 0 Å². The van der Waals surface area contributed by atoms with Crippen LogP contribution >= 0.6 is 0 Å². The fourth-order valence-corrected chi connectivity index (χ4v) is 3.52. The maximum absolute atomic E-state index is 12.0. The van der Waals surface area contributed by atoms with Gasteiger partial charge in [-0.25, -0.2) is 4.79 Å². The number of likely N-dealkylation sites (tertiary alicyclic amines) is 1. The molecule has 1 heterocycles. The molecule has 0 radical (unpaired) electrons. The van der Waals surface area contributed by atoms with E-state index < -0.39 is 5.60 Å². The smallest absolute Gasteiger partial charge is 0.410 e. The molecule has 1 saturated carbocycles. The molecule has 0 aromatic carbocycles. The first kappa shape index (κ1) is 17.6. The molecule has 0 aromatic rings. The molecule has 0 aromatic heterocycles. The molecule has 0 atom stereocenters. The van der Waals surface area contributed by atoms with Crippen LogP contribution in [0.1, 0.15) is 66.2 Å². The van der Waals surface area contributed by atoms with Crippen molar-refractivity contribution in [1.82, 2.24) is 10.2 Å². The molecule has 1 saturated heterocycles. The first-order valence-corrected chi connectivity index (χ1v) is 9.02. The summed E-state index contributed by atoms with van der Waals surface area (Å²) in [5, 5.41) is 3.70. The summed E-state index contributed by atoms with van der Waals surface area (Å²) >= 11 is 0. The lowest BCUT2D eigenvalue weighted by Gasteiger charge is -2.42. The van der Waals surface area contributed by atoms with Crippen LogP contribution in [0.25, 0.3) is 0 Å². The zero-order valence-corrected chi connectivity index (χ0v) is 14.9. The quantitative estimate of drug-likeness (QED) is 0.839. The van der Waals surface area contributed by atoms with Crippen molar-refractivity contribution in [3.63, 3.8) is 0 Å². The van der Waals surface area contributed by atoms with Crippen molar-refractivity contribution in [2.75, 3.05) is 26.2 Å². The lowest BCUT2D eigenvalue weighted by Crippen LogP contribution is -2.45. The van der Waals surface area contributed by atoms with Gasteiger partial charge in [0.2, 0.25) is 0 Å². The number of amides is 1. The van der Waals surface area contributed by atoms with E-state index in [9.17, 15) is 4.79 Å². The van der Waals surface area contributed by atoms with Gasteiger partial charge >= 0.3 is 6.09 Å². The molecule has 1 aliphatic carbocycles. The van der Waals surface area contributed by atoms with Gasteiger partial charge in [0.25, 0.3) is 0 Å². The minimum Gasteiger partial charge on any atom is -0.444 e. The zero-order chi connectivity index (χ0) is 16.2. The van der Waals surface area contributed by atoms with E-state index in [4.69, 9.17) is 4.74 Å². The van der Waals surface area contributed by atoms with Crippen molar-refractivity contribution in [2.45, 2.75) is 71.8 Å².